The topological polar surface area (TPSA) is 17.8 Å². The van der Waals surface area contributed by atoms with Gasteiger partial charge >= 0.3 is 0 Å². The average molecular weight is 160 g/mol. The Balaban J connectivity index is 3.01. The maximum Gasteiger partial charge on any atom is 0.0778 e. The molecule has 0 aliphatic heterocycles. The van der Waals surface area contributed by atoms with E-state index in [1.165, 1.54) is 13.0 Å². The number of aryl methyl sites for hydroxylation is 2. The molecule has 1 heterocycles. The molecule has 0 aromatic carbocycles. The van der Waals surface area contributed by atoms with Crippen molar-refractivity contribution in [1.29, 1.82) is 0 Å². The summed E-state index contributed by atoms with van der Waals surface area (Å²) < 4.78 is 3.29. The first-order valence-electron chi connectivity index (χ1n) is 2.66. The molecule has 0 aliphatic carbocycles. The van der Waals surface area contributed by atoms with Crippen LogP contribution in [0.1, 0.15) is 5.69 Å². The molecule has 2 nitrogen and oxygen atoms in total. The summed E-state index contributed by atoms with van der Waals surface area (Å²) in [5.41, 5.74) is 1.16. The first-order chi connectivity index (χ1) is 4.24. The maximum atomic E-state index is 4.22. The lowest BCUT2D eigenvalue weighted by molar-refractivity contribution is 0.821. The van der Waals surface area contributed by atoms with E-state index in [0.29, 0.717) is 0 Å². The minimum Gasteiger partial charge on any atom is -0.249 e. The molecule has 1 rings (SSSR count). The van der Waals surface area contributed by atoms with Crippen molar-refractivity contribution < 1.29 is 0 Å². The minimum absolute atomic E-state index is 1.16. The normalized spacial score (nSPS) is 11.0. The molecule has 1 aromatic heterocycles. The highest BCUT2D eigenvalue weighted by atomic mass is 32.2. The molecule has 4 heteroatoms. The Morgan fingerprint density at radius 3 is 2.56 bits per heavy atom. The molecule has 0 saturated heterocycles. The van der Waals surface area contributed by atoms with Crippen LogP contribution in [0.25, 0.3) is 0 Å². The van der Waals surface area contributed by atoms with Crippen molar-refractivity contribution in [3.63, 3.8) is 0 Å². The lowest BCUT2D eigenvalue weighted by atomic mass is 10.6. The monoisotopic (exact) mass is 160 g/mol. The van der Waals surface area contributed by atoms with Crippen molar-refractivity contribution in [2.75, 3.05) is 6.26 Å². The highest BCUT2D eigenvalue weighted by Gasteiger charge is 1.99. The van der Waals surface area contributed by atoms with Gasteiger partial charge in [0.25, 0.3) is 0 Å². The number of hydrogen-bond acceptors (Lipinski definition) is 2. The summed E-state index contributed by atoms with van der Waals surface area (Å²) in [5, 5.41) is 4.22. The van der Waals surface area contributed by atoms with E-state index in [0.717, 1.165) is 5.69 Å². The van der Waals surface area contributed by atoms with Gasteiger partial charge in [0.2, 0.25) is 0 Å². The summed E-state index contributed by atoms with van der Waals surface area (Å²) in [4.78, 5) is 0. The Morgan fingerprint density at radius 1 is 1.67 bits per heavy atom. The van der Waals surface area contributed by atoms with E-state index < -0.39 is 0 Å². The highest BCUT2D eigenvalue weighted by Crippen LogP contribution is 2.26. The van der Waals surface area contributed by atoms with Gasteiger partial charge in [0.15, 0.2) is 0 Å². The first kappa shape index (κ1) is 7.10. The van der Waals surface area contributed by atoms with Gasteiger partial charge in [0.1, 0.15) is 0 Å². The standard InChI is InChI=1S/C5H9N2PS/c1-4-5(9-3)8-7(2)6-4/h1-3H3. The summed E-state index contributed by atoms with van der Waals surface area (Å²) in [6.07, 6.45) is 2.08. The molecule has 0 bridgehead atoms. The third-order valence-corrected chi connectivity index (χ3v) is 3.39. The quantitative estimate of drug-likeness (QED) is 0.585. The minimum atomic E-state index is 1.16. The molecule has 0 spiro atoms. The summed E-state index contributed by atoms with van der Waals surface area (Å²) in [6, 6.07) is 0. The Hall–Kier alpha value is -0.0100. The second-order valence-electron chi connectivity index (χ2n) is 1.78. The van der Waals surface area contributed by atoms with Crippen LogP contribution >= 0.6 is 20.1 Å². The summed E-state index contributed by atoms with van der Waals surface area (Å²) in [5.74, 6) is 0. The van der Waals surface area contributed by atoms with Gasteiger partial charge in [0.05, 0.1) is 10.3 Å². The van der Waals surface area contributed by atoms with Gasteiger partial charge < -0.3 is 0 Å². The van der Waals surface area contributed by atoms with Crippen molar-refractivity contribution in [2.45, 2.75) is 11.6 Å². The molecule has 1 aromatic rings. The van der Waals surface area contributed by atoms with Crippen molar-refractivity contribution in [2.24, 2.45) is 7.05 Å². The molecule has 0 saturated carbocycles. The van der Waals surface area contributed by atoms with Crippen LogP contribution in [0.15, 0.2) is 4.63 Å². The van der Waals surface area contributed by atoms with Crippen LogP contribution < -0.4 is 0 Å². The average Bonchev–Trinajstić information content (AvgIpc) is 2.10. The second-order valence-corrected chi connectivity index (χ2v) is 4.13. The van der Waals surface area contributed by atoms with Crippen LogP contribution in [0.3, 0.4) is 0 Å². The molecule has 50 valence electrons. The number of nitrogens with zero attached hydrogens (tertiary/aromatic N) is 2. The Morgan fingerprint density at radius 2 is 2.33 bits per heavy atom. The summed E-state index contributed by atoms with van der Waals surface area (Å²) in [6.45, 7) is 2.04. The van der Waals surface area contributed by atoms with E-state index in [1.807, 2.05) is 18.4 Å². The fourth-order valence-electron chi connectivity index (χ4n) is 0.675. The summed E-state index contributed by atoms with van der Waals surface area (Å²) in [7, 11) is 3.20. The molecule has 0 unspecified atom stereocenters. The molecule has 0 amide bonds. The van der Waals surface area contributed by atoms with Crippen molar-refractivity contribution in [1.82, 2.24) is 9.54 Å². The van der Waals surface area contributed by atoms with Gasteiger partial charge in [-0.3, -0.25) is 0 Å². The van der Waals surface area contributed by atoms with Gasteiger partial charge in [-0.05, 0) is 13.2 Å². The maximum absolute atomic E-state index is 4.22. The molecule has 0 N–H and O–H groups in total. The van der Waals surface area contributed by atoms with Crippen LogP contribution in [0.5, 0.6) is 0 Å². The molecule has 0 aliphatic rings. The van der Waals surface area contributed by atoms with Crippen molar-refractivity contribution in [3.05, 3.63) is 5.69 Å². The second kappa shape index (κ2) is 2.72. The van der Waals surface area contributed by atoms with Crippen LogP contribution in [0.2, 0.25) is 0 Å². The predicted octanol–water partition coefficient (Wildman–Crippen LogP) is 2.03. The third-order valence-electron chi connectivity index (χ3n) is 1.03. The number of rotatable bonds is 1. The van der Waals surface area contributed by atoms with Gasteiger partial charge in [0, 0.05) is 15.4 Å². The van der Waals surface area contributed by atoms with E-state index in [1.54, 1.807) is 11.8 Å². The van der Waals surface area contributed by atoms with Crippen LogP contribution in [0.4, 0.5) is 0 Å². The Bertz CT molecular complexity index is 209. The van der Waals surface area contributed by atoms with E-state index in [-0.39, 0.29) is 0 Å². The van der Waals surface area contributed by atoms with Gasteiger partial charge in [-0.1, -0.05) is 0 Å². The van der Waals surface area contributed by atoms with Crippen LogP contribution in [-0.2, 0) is 7.05 Å². The molecule has 0 atom stereocenters. The number of thioether (sulfide) groups is 1. The lowest BCUT2D eigenvalue weighted by Gasteiger charge is -1.83. The molecular weight excluding hydrogens is 151 g/mol. The number of hydrogen-bond donors (Lipinski definition) is 0. The van der Waals surface area contributed by atoms with Crippen molar-refractivity contribution in [3.8, 4) is 0 Å². The molecular formula is C5H9N2PS. The molecule has 0 fully saturated rings. The zero-order valence-corrected chi connectivity index (χ0v) is 7.46. The van der Waals surface area contributed by atoms with E-state index in [9.17, 15) is 0 Å². The SMILES string of the molecule is CSc1pn(C)nc1C. The summed E-state index contributed by atoms with van der Waals surface area (Å²) >= 11 is 1.78. The largest absolute Gasteiger partial charge is 0.249 e. The zero-order chi connectivity index (χ0) is 6.85. The Labute approximate surface area is 60.8 Å². The van der Waals surface area contributed by atoms with Gasteiger partial charge in [-0.15, -0.1) is 11.8 Å². The lowest BCUT2D eigenvalue weighted by Crippen LogP contribution is -1.83. The van der Waals surface area contributed by atoms with Crippen LogP contribution in [0, 0.1) is 6.92 Å². The Kier molecular flexibility index (Phi) is 2.14. The third kappa shape index (κ3) is 1.46. The van der Waals surface area contributed by atoms with Crippen molar-refractivity contribution >= 4 is 20.1 Å². The smallest absolute Gasteiger partial charge is 0.0778 e. The number of aromatic nitrogens is 2. The van der Waals surface area contributed by atoms with Crippen LogP contribution in [-0.4, -0.2) is 15.8 Å². The van der Waals surface area contributed by atoms with E-state index in [4.69, 9.17) is 0 Å². The highest BCUT2D eigenvalue weighted by molar-refractivity contribution is 8.01. The first-order valence-corrected chi connectivity index (χ1v) is 4.73. The zero-order valence-electron chi connectivity index (χ0n) is 5.75. The molecule has 9 heavy (non-hydrogen) atoms. The molecule has 0 radical (unpaired) electrons. The van der Waals surface area contributed by atoms with E-state index >= 15 is 0 Å². The van der Waals surface area contributed by atoms with E-state index in [2.05, 4.69) is 11.4 Å². The fraction of sp³-hybridized carbons (Fsp3) is 0.600. The van der Waals surface area contributed by atoms with Gasteiger partial charge in [-0.2, -0.15) is 5.10 Å². The fourth-order valence-corrected chi connectivity index (χ4v) is 2.32. The van der Waals surface area contributed by atoms with Gasteiger partial charge in [-0.25, -0.2) is 4.44 Å². The predicted molar refractivity (Wildman–Crippen MR) is 42.2 cm³/mol.